The Labute approximate surface area is 109 Å². The zero-order valence-electron chi connectivity index (χ0n) is 11.1. The summed E-state index contributed by atoms with van der Waals surface area (Å²) in [4.78, 5) is 14.2. The molecule has 0 saturated carbocycles. The van der Waals surface area contributed by atoms with Crippen molar-refractivity contribution >= 4 is 5.91 Å². The summed E-state index contributed by atoms with van der Waals surface area (Å²) in [7, 11) is 0. The van der Waals surface area contributed by atoms with Crippen LogP contribution in [-0.4, -0.2) is 30.4 Å². The number of benzene rings is 1. The number of piperidine rings is 1. The van der Waals surface area contributed by atoms with Gasteiger partial charge in [-0.3, -0.25) is 9.69 Å². The molecule has 18 heavy (non-hydrogen) atoms. The third kappa shape index (κ3) is 3.57. The Morgan fingerprint density at radius 2 is 2.17 bits per heavy atom. The SMILES string of the molecule is CCNC(=O)C1CCCN(Cc2ccccc2)C1. The second-order valence-corrected chi connectivity index (χ2v) is 4.95. The van der Waals surface area contributed by atoms with Crippen LogP contribution in [0.5, 0.6) is 0 Å². The lowest BCUT2D eigenvalue weighted by Crippen LogP contribution is -2.42. The molecule has 1 aliphatic rings. The first-order chi connectivity index (χ1) is 8.79. The van der Waals surface area contributed by atoms with Crippen molar-refractivity contribution in [2.45, 2.75) is 26.3 Å². The highest BCUT2D eigenvalue weighted by Gasteiger charge is 2.25. The van der Waals surface area contributed by atoms with Gasteiger partial charge in [0.25, 0.3) is 0 Å². The molecule has 1 unspecified atom stereocenters. The van der Waals surface area contributed by atoms with E-state index in [4.69, 9.17) is 0 Å². The average molecular weight is 246 g/mol. The predicted octanol–water partition coefficient (Wildman–Crippen LogP) is 2.03. The Hall–Kier alpha value is -1.35. The fourth-order valence-electron chi connectivity index (χ4n) is 2.57. The van der Waals surface area contributed by atoms with E-state index in [0.29, 0.717) is 0 Å². The van der Waals surface area contributed by atoms with Gasteiger partial charge in [0, 0.05) is 19.6 Å². The number of nitrogens with one attached hydrogen (secondary N) is 1. The van der Waals surface area contributed by atoms with Gasteiger partial charge in [0.05, 0.1) is 5.92 Å². The molecule has 1 fully saturated rings. The van der Waals surface area contributed by atoms with Crippen molar-refractivity contribution in [1.29, 1.82) is 0 Å². The lowest BCUT2D eigenvalue weighted by Gasteiger charge is -2.31. The largest absolute Gasteiger partial charge is 0.356 e. The van der Waals surface area contributed by atoms with Gasteiger partial charge in [-0.25, -0.2) is 0 Å². The number of likely N-dealkylation sites (tertiary alicyclic amines) is 1. The zero-order valence-corrected chi connectivity index (χ0v) is 11.1. The van der Waals surface area contributed by atoms with E-state index in [9.17, 15) is 4.79 Å². The van der Waals surface area contributed by atoms with Crippen LogP contribution in [0.3, 0.4) is 0 Å². The van der Waals surface area contributed by atoms with Crippen LogP contribution in [-0.2, 0) is 11.3 Å². The molecular formula is C15H22N2O. The molecule has 3 heteroatoms. The topological polar surface area (TPSA) is 32.3 Å². The third-order valence-corrected chi connectivity index (χ3v) is 3.48. The highest BCUT2D eigenvalue weighted by molar-refractivity contribution is 5.78. The highest BCUT2D eigenvalue weighted by Crippen LogP contribution is 2.18. The zero-order chi connectivity index (χ0) is 12.8. The summed E-state index contributed by atoms with van der Waals surface area (Å²) in [5.74, 6) is 0.387. The van der Waals surface area contributed by atoms with E-state index in [-0.39, 0.29) is 11.8 Å². The van der Waals surface area contributed by atoms with E-state index in [0.717, 1.165) is 39.0 Å². The summed E-state index contributed by atoms with van der Waals surface area (Å²) in [6.07, 6.45) is 2.14. The molecule has 1 heterocycles. The number of rotatable bonds is 4. The molecule has 0 aliphatic carbocycles. The Morgan fingerprint density at radius 1 is 1.39 bits per heavy atom. The number of carbonyl (C=O) groups is 1. The molecule has 1 aromatic carbocycles. The van der Waals surface area contributed by atoms with Crippen molar-refractivity contribution in [1.82, 2.24) is 10.2 Å². The normalized spacial score (nSPS) is 20.6. The van der Waals surface area contributed by atoms with E-state index < -0.39 is 0 Å². The van der Waals surface area contributed by atoms with Crippen molar-refractivity contribution in [2.75, 3.05) is 19.6 Å². The van der Waals surface area contributed by atoms with Crippen LogP contribution < -0.4 is 5.32 Å². The monoisotopic (exact) mass is 246 g/mol. The lowest BCUT2D eigenvalue weighted by molar-refractivity contribution is -0.126. The van der Waals surface area contributed by atoms with Crippen LogP contribution >= 0.6 is 0 Å². The number of carbonyl (C=O) groups excluding carboxylic acids is 1. The van der Waals surface area contributed by atoms with Crippen molar-refractivity contribution in [2.24, 2.45) is 5.92 Å². The van der Waals surface area contributed by atoms with Gasteiger partial charge in [-0.2, -0.15) is 0 Å². The molecular weight excluding hydrogens is 224 g/mol. The lowest BCUT2D eigenvalue weighted by atomic mass is 9.96. The summed E-state index contributed by atoms with van der Waals surface area (Å²) >= 11 is 0. The van der Waals surface area contributed by atoms with Gasteiger partial charge in [0.15, 0.2) is 0 Å². The first kappa shape index (κ1) is 13.1. The maximum atomic E-state index is 11.9. The Kier molecular flexibility index (Phi) is 4.76. The van der Waals surface area contributed by atoms with Crippen LogP contribution in [0.1, 0.15) is 25.3 Å². The standard InChI is InChI=1S/C15H22N2O/c1-2-16-15(18)14-9-6-10-17(12-14)11-13-7-4-3-5-8-13/h3-5,7-8,14H,2,6,9-12H2,1H3,(H,16,18). The summed E-state index contributed by atoms with van der Waals surface area (Å²) in [5.41, 5.74) is 1.33. The van der Waals surface area contributed by atoms with Gasteiger partial charge in [0.2, 0.25) is 5.91 Å². The number of nitrogens with zero attached hydrogens (tertiary/aromatic N) is 1. The van der Waals surface area contributed by atoms with Crippen LogP contribution in [0.4, 0.5) is 0 Å². The predicted molar refractivity (Wildman–Crippen MR) is 73.1 cm³/mol. The van der Waals surface area contributed by atoms with Gasteiger partial charge < -0.3 is 5.32 Å². The van der Waals surface area contributed by atoms with Gasteiger partial charge in [-0.1, -0.05) is 30.3 Å². The molecule has 0 radical (unpaired) electrons. The molecule has 1 amide bonds. The van der Waals surface area contributed by atoms with Gasteiger partial charge in [-0.05, 0) is 31.9 Å². The van der Waals surface area contributed by atoms with Gasteiger partial charge in [0.1, 0.15) is 0 Å². The number of hydrogen-bond donors (Lipinski definition) is 1. The van der Waals surface area contributed by atoms with Crippen molar-refractivity contribution in [3.8, 4) is 0 Å². The minimum absolute atomic E-state index is 0.169. The molecule has 2 rings (SSSR count). The number of hydrogen-bond acceptors (Lipinski definition) is 2. The van der Waals surface area contributed by atoms with Gasteiger partial charge in [-0.15, -0.1) is 0 Å². The fourth-order valence-corrected chi connectivity index (χ4v) is 2.57. The van der Waals surface area contributed by atoms with Crippen LogP contribution in [0.2, 0.25) is 0 Å². The molecule has 1 atom stereocenters. The van der Waals surface area contributed by atoms with Crippen molar-refractivity contribution in [3.05, 3.63) is 35.9 Å². The molecule has 1 aromatic rings. The quantitative estimate of drug-likeness (QED) is 0.881. The van der Waals surface area contributed by atoms with E-state index in [1.54, 1.807) is 0 Å². The van der Waals surface area contributed by atoms with Crippen LogP contribution in [0.25, 0.3) is 0 Å². The van der Waals surface area contributed by atoms with Crippen molar-refractivity contribution < 1.29 is 4.79 Å². The second kappa shape index (κ2) is 6.55. The molecule has 0 aromatic heterocycles. The molecule has 3 nitrogen and oxygen atoms in total. The van der Waals surface area contributed by atoms with Crippen LogP contribution in [0.15, 0.2) is 30.3 Å². The summed E-state index contributed by atoms with van der Waals surface area (Å²) < 4.78 is 0. The molecule has 0 bridgehead atoms. The average Bonchev–Trinajstić information content (AvgIpc) is 2.40. The maximum Gasteiger partial charge on any atom is 0.224 e. The minimum Gasteiger partial charge on any atom is -0.356 e. The summed E-state index contributed by atoms with van der Waals surface area (Å²) in [5, 5.41) is 2.93. The summed E-state index contributed by atoms with van der Waals surface area (Å²) in [6.45, 7) is 5.65. The van der Waals surface area contributed by atoms with E-state index >= 15 is 0 Å². The van der Waals surface area contributed by atoms with Crippen LogP contribution in [0, 0.1) is 5.92 Å². The smallest absolute Gasteiger partial charge is 0.224 e. The maximum absolute atomic E-state index is 11.9. The molecule has 1 saturated heterocycles. The molecule has 1 aliphatic heterocycles. The van der Waals surface area contributed by atoms with E-state index in [1.807, 2.05) is 13.0 Å². The fraction of sp³-hybridized carbons (Fsp3) is 0.533. The van der Waals surface area contributed by atoms with Crippen molar-refractivity contribution in [3.63, 3.8) is 0 Å². The first-order valence-corrected chi connectivity index (χ1v) is 6.83. The van der Waals surface area contributed by atoms with E-state index in [2.05, 4.69) is 34.5 Å². The molecule has 98 valence electrons. The first-order valence-electron chi connectivity index (χ1n) is 6.83. The second-order valence-electron chi connectivity index (χ2n) is 4.95. The van der Waals surface area contributed by atoms with E-state index in [1.165, 1.54) is 5.56 Å². The third-order valence-electron chi connectivity index (χ3n) is 3.48. The number of amides is 1. The Bertz CT molecular complexity index is 377. The molecule has 1 N–H and O–H groups in total. The Balaban J connectivity index is 1.89. The summed E-state index contributed by atoms with van der Waals surface area (Å²) in [6, 6.07) is 10.5. The van der Waals surface area contributed by atoms with Gasteiger partial charge >= 0.3 is 0 Å². The molecule has 0 spiro atoms. The minimum atomic E-state index is 0.169. The highest BCUT2D eigenvalue weighted by atomic mass is 16.1. The Morgan fingerprint density at radius 3 is 2.89 bits per heavy atom.